The summed E-state index contributed by atoms with van der Waals surface area (Å²) in [5.74, 6) is 0.860. The first-order valence-electron chi connectivity index (χ1n) is 6.61. The predicted octanol–water partition coefficient (Wildman–Crippen LogP) is 4.06. The lowest BCUT2D eigenvalue weighted by atomic mass is 10.2. The van der Waals surface area contributed by atoms with E-state index >= 15 is 0 Å². The standard InChI is InChI=1S/C14H16Cl2N4O/c1-4-17-13-18-12(19-14(20-13)21-8(2)3)10-7-9(15)5-6-11(10)16/h5-8H,4H2,1-3H3,(H,17,18,19,20). The molecule has 5 nitrogen and oxygen atoms in total. The number of nitrogens with zero attached hydrogens (tertiary/aromatic N) is 3. The molecule has 0 bridgehead atoms. The summed E-state index contributed by atoms with van der Waals surface area (Å²) in [5.41, 5.74) is 0.638. The molecular formula is C14H16Cl2N4O. The van der Waals surface area contributed by atoms with E-state index in [0.717, 1.165) is 0 Å². The topological polar surface area (TPSA) is 59.9 Å². The van der Waals surface area contributed by atoms with E-state index in [1.165, 1.54) is 0 Å². The quantitative estimate of drug-likeness (QED) is 0.897. The molecule has 0 aliphatic rings. The van der Waals surface area contributed by atoms with Gasteiger partial charge in [-0.25, -0.2) is 0 Å². The molecule has 0 radical (unpaired) electrons. The summed E-state index contributed by atoms with van der Waals surface area (Å²) < 4.78 is 5.56. The van der Waals surface area contributed by atoms with Crippen molar-refractivity contribution in [1.29, 1.82) is 0 Å². The summed E-state index contributed by atoms with van der Waals surface area (Å²) in [4.78, 5) is 12.9. The molecule has 0 spiro atoms. The van der Waals surface area contributed by atoms with Crippen LogP contribution in [0.1, 0.15) is 20.8 Å². The summed E-state index contributed by atoms with van der Waals surface area (Å²) >= 11 is 12.2. The molecule has 1 aromatic carbocycles. The lowest BCUT2D eigenvalue weighted by Gasteiger charge is -2.11. The van der Waals surface area contributed by atoms with E-state index in [1.807, 2.05) is 20.8 Å². The lowest BCUT2D eigenvalue weighted by molar-refractivity contribution is 0.222. The summed E-state index contributed by atoms with van der Waals surface area (Å²) in [7, 11) is 0. The maximum Gasteiger partial charge on any atom is 0.322 e. The van der Waals surface area contributed by atoms with Gasteiger partial charge in [-0.3, -0.25) is 0 Å². The van der Waals surface area contributed by atoms with E-state index in [-0.39, 0.29) is 12.1 Å². The summed E-state index contributed by atoms with van der Waals surface area (Å²) in [6, 6.07) is 5.39. The van der Waals surface area contributed by atoms with Gasteiger partial charge in [-0.1, -0.05) is 23.2 Å². The van der Waals surface area contributed by atoms with Crippen LogP contribution in [0.4, 0.5) is 5.95 Å². The smallest absolute Gasteiger partial charge is 0.322 e. The van der Waals surface area contributed by atoms with E-state index in [0.29, 0.717) is 33.9 Å². The average Bonchev–Trinajstić information content (AvgIpc) is 2.41. The second-order valence-corrected chi connectivity index (χ2v) is 5.43. The zero-order valence-corrected chi connectivity index (χ0v) is 13.5. The maximum absolute atomic E-state index is 6.20. The zero-order chi connectivity index (χ0) is 15.4. The van der Waals surface area contributed by atoms with Crippen molar-refractivity contribution in [3.63, 3.8) is 0 Å². The van der Waals surface area contributed by atoms with Crippen LogP contribution in [0.25, 0.3) is 11.4 Å². The molecular weight excluding hydrogens is 311 g/mol. The van der Waals surface area contributed by atoms with Crippen LogP contribution in [-0.4, -0.2) is 27.6 Å². The van der Waals surface area contributed by atoms with Crippen molar-refractivity contribution < 1.29 is 4.74 Å². The SMILES string of the molecule is CCNc1nc(OC(C)C)nc(-c2cc(Cl)ccc2Cl)n1. The van der Waals surface area contributed by atoms with E-state index < -0.39 is 0 Å². The monoisotopic (exact) mass is 326 g/mol. The maximum atomic E-state index is 6.20. The molecule has 112 valence electrons. The van der Waals surface area contributed by atoms with Gasteiger partial charge in [0.2, 0.25) is 5.95 Å². The molecule has 0 unspecified atom stereocenters. The highest BCUT2D eigenvalue weighted by atomic mass is 35.5. The highest BCUT2D eigenvalue weighted by Crippen LogP contribution is 2.29. The molecule has 1 N–H and O–H groups in total. The number of aromatic nitrogens is 3. The van der Waals surface area contributed by atoms with Crippen molar-refractivity contribution in [2.75, 3.05) is 11.9 Å². The predicted molar refractivity (Wildman–Crippen MR) is 85.2 cm³/mol. The number of hydrogen-bond donors (Lipinski definition) is 1. The zero-order valence-electron chi connectivity index (χ0n) is 12.0. The van der Waals surface area contributed by atoms with Crippen molar-refractivity contribution in [1.82, 2.24) is 15.0 Å². The second kappa shape index (κ2) is 6.91. The normalized spacial score (nSPS) is 10.8. The fourth-order valence-corrected chi connectivity index (χ4v) is 2.02. The van der Waals surface area contributed by atoms with Crippen molar-refractivity contribution in [3.05, 3.63) is 28.2 Å². The number of nitrogens with one attached hydrogen (secondary N) is 1. The highest BCUT2D eigenvalue weighted by molar-refractivity contribution is 6.35. The molecule has 0 aliphatic heterocycles. The third-order valence-corrected chi connectivity index (χ3v) is 3.02. The Morgan fingerprint density at radius 1 is 1.19 bits per heavy atom. The minimum absolute atomic E-state index is 0.0374. The minimum Gasteiger partial charge on any atom is -0.461 e. The molecule has 1 aromatic heterocycles. The molecule has 7 heteroatoms. The molecule has 0 aliphatic carbocycles. The molecule has 0 saturated carbocycles. The van der Waals surface area contributed by atoms with Crippen LogP contribution in [0.2, 0.25) is 10.0 Å². The molecule has 21 heavy (non-hydrogen) atoms. The number of anilines is 1. The summed E-state index contributed by atoms with van der Waals surface area (Å²) in [6.07, 6.45) is -0.0374. The highest BCUT2D eigenvalue weighted by Gasteiger charge is 2.13. The molecule has 2 aromatic rings. The van der Waals surface area contributed by atoms with Crippen LogP contribution in [0.5, 0.6) is 6.01 Å². The average molecular weight is 327 g/mol. The number of halogens is 2. The first-order valence-corrected chi connectivity index (χ1v) is 7.37. The number of rotatable bonds is 5. The fourth-order valence-electron chi connectivity index (χ4n) is 1.65. The third-order valence-electron chi connectivity index (χ3n) is 2.46. The molecule has 2 rings (SSSR count). The van der Waals surface area contributed by atoms with Crippen LogP contribution in [0, 0.1) is 0 Å². The van der Waals surface area contributed by atoms with Gasteiger partial charge in [0.1, 0.15) is 0 Å². The van der Waals surface area contributed by atoms with Crippen LogP contribution in [0.15, 0.2) is 18.2 Å². The fraction of sp³-hybridized carbons (Fsp3) is 0.357. The van der Waals surface area contributed by atoms with Crippen LogP contribution in [0.3, 0.4) is 0 Å². The number of ether oxygens (including phenoxy) is 1. The Hall–Kier alpha value is -1.59. The Kier molecular flexibility index (Phi) is 5.20. The summed E-state index contributed by atoms with van der Waals surface area (Å²) in [6.45, 7) is 6.46. The van der Waals surface area contributed by atoms with Crippen LogP contribution >= 0.6 is 23.2 Å². The molecule has 0 atom stereocenters. The third kappa shape index (κ3) is 4.19. The Balaban J connectivity index is 2.50. The van der Waals surface area contributed by atoms with Crippen LogP contribution in [-0.2, 0) is 0 Å². The molecule has 0 fully saturated rings. The van der Waals surface area contributed by atoms with Gasteiger partial charge < -0.3 is 10.1 Å². The van der Waals surface area contributed by atoms with Crippen molar-refractivity contribution >= 4 is 29.2 Å². The number of hydrogen-bond acceptors (Lipinski definition) is 5. The Morgan fingerprint density at radius 3 is 2.62 bits per heavy atom. The Labute approximate surface area is 133 Å². The Morgan fingerprint density at radius 2 is 1.95 bits per heavy atom. The van der Waals surface area contributed by atoms with Gasteiger partial charge >= 0.3 is 6.01 Å². The van der Waals surface area contributed by atoms with Crippen LogP contribution < -0.4 is 10.1 Å². The van der Waals surface area contributed by atoms with E-state index in [9.17, 15) is 0 Å². The first kappa shape index (κ1) is 15.8. The van der Waals surface area contributed by atoms with Gasteiger partial charge in [-0.15, -0.1) is 0 Å². The van der Waals surface area contributed by atoms with Gasteiger partial charge in [0.25, 0.3) is 0 Å². The number of benzene rings is 1. The van der Waals surface area contributed by atoms with Gasteiger partial charge in [0, 0.05) is 17.1 Å². The largest absolute Gasteiger partial charge is 0.461 e. The van der Waals surface area contributed by atoms with E-state index in [2.05, 4.69) is 20.3 Å². The van der Waals surface area contributed by atoms with Crippen molar-refractivity contribution in [3.8, 4) is 17.4 Å². The second-order valence-electron chi connectivity index (χ2n) is 4.59. The van der Waals surface area contributed by atoms with Crippen molar-refractivity contribution in [2.45, 2.75) is 26.9 Å². The lowest BCUT2D eigenvalue weighted by Crippen LogP contribution is -2.12. The van der Waals surface area contributed by atoms with E-state index in [1.54, 1.807) is 18.2 Å². The van der Waals surface area contributed by atoms with Gasteiger partial charge in [-0.2, -0.15) is 15.0 Å². The molecule has 1 heterocycles. The van der Waals surface area contributed by atoms with Gasteiger partial charge in [0.05, 0.1) is 11.1 Å². The van der Waals surface area contributed by atoms with Gasteiger partial charge in [0.15, 0.2) is 5.82 Å². The summed E-state index contributed by atoms with van der Waals surface area (Å²) in [5, 5.41) is 4.13. The molecule has 0 saturated heterocycles. The minimum atomic E-state index is -0.0374. The Bertz CT molecular complexity index is 634. The first-order chi connectivity index (χ1) is 9.99. The van der Waals surface area contributed by atoms with Gasteiger partial charge in [-0.05, 0) is 39.0 Å². The van der Waals surface area contributed by atoms with E-state index in [4.69, 9.17) is 27.9 Å². The molecule has 0 amide bonds. The van der Waals surface area contributed by atoms with Crippen molar-refractivity contribution in [2.24, 2.45) is 0 Å².